The van der Waals surface area contributed by atoms with Gasteiger partial charge in [0.15, 0.2) is 0 Å². The van der Waals surface area contributed by atoms with Crippen LogP contribution in [0, 0.1) is 29.0 Å². The Labute approximate surface area is 153 Å². The monoisotopic (exact) mass is 358 g/mol. The number of rotatable bonds is 3. The molecule has 0 atom stereocenters. The summed E-state index contributed by atoms with van der Waals surface area (Å²) in [6.07, 6.45) is 9.25. The molecule has 26 heavy (non-hydrogen) atoms. The smallest absolute Gasteiger partial charge is 0.274 e. The van der Waals surface area contributed by atoms with Gasteiger partial charge in [-0.3, -0.25) is 14.9 Å². The fourth-order valence-corrected chi connectivity index (χ4v) is 6.96. The highest BCUT2D eigenvalue weighted by atomic mass is 19.1. The number of benzene rings is 1. The number of nitrogens with one attached hydrogen (secondary N) is 1. The molecule has 1 heterocycles. The van der Waals surface area contributed by atoms with E-state index in [9.17, 15) is 9.18 Å². The molecule has 1 aliphatic heterocycles. The molecule has 140 valence electrons. The summed E-state index contributed by atoms with van der Waals surface area (Å²) in [5, 5.41) is 8.78. The normalized spacial score (nSPS) is 35.4. The van der Waals surface area contributed by atoms with E-state index < -0.39 is 5.91 Å². The molecule has 5 heteroatoms. The van der Waals surface area contributed by atoms with Gasteiger partial charge in [-0.15, -0.1) is 0 Å². The lowest BCUT2D eigenvalue weighted by molar-refractivity contribution is -0.0709. The Morgan fingerprint density at radius 3 is 2.46 bits per heavy atom. The molecule has 2 N–H and O–H groups in total. The van der Waals surface area contributed by atoms with Gasteiger partial charge in [-0.25, -0.2) is 9.87 Å². The van der Waals surface area contributed by atoms with E-state index in [4.69, 9.17) is 5.21 Å². The zero-order valence-corrected chi connectivity index (χ0v) is 15.1. The minimum absolute atomic E-state index is 0.193. The van der Waals surface area contributed by atoms with Gasteiger partial charge >= 0.3 is 0 Å². The van der Waals surface area contributed by atoms with Crippen LogP contribution >= 0.6 is 0 Å². The zero-order valence-electron chi connectivity index (χ0n) is 15.1. The second-order valence-electron chi connectivity index (χ2n) is 9.41. The minimum atomic E-state index is -0.650. The summed E-state index contributed by atoms with van der Waals surface area (Å²) in [5.74, 6) is 1.85. The Bertz CT molecular complexity index is 712. The van der Waals surface area contributed by atoms with Gasteiger partial charge in [0.2, 0.25) is 0 Å². The van der Waals surface area contributed by atoms with Gasteiger partial charge in [-0.05, 0) is 85.8 Å². The molecular weight excluding hydrogens is 331 g/mol. The summed E-state index contributed by atoms with van der Waals surface area (Å²) < 4.78 is 14.6. The highest BCUT2D eigenvalue weighted by molar-refractivity contribution is 5.93. The molecule has 4 bridgehead atoms. The van der Waals surface area contributed by atoms with Gasteiger partial charge in [0, 0.05) is 30.8 Å². The van der Waals surface area contributed by atoms with Crippen LogP contribution in [-0.4, -0.2) is 29.1 Å². The predicted molar refractivity (Wildman–Crippen MR) is 95.2 cm³/mol. The Morgan fingerprint density at radius 1 is 1.19 bits per heavy atom. The van der Waals surface area contributed by atoms with Crippen molar-refractivity contribution in [3.05, 3.63) is 34.6 Å². The van der Waals surface area contributed by atoms with E-state index in [1.807, 2.05) is 0 Å². The first-order valence-electron chi connectivity index (χ1n) is 10.0. The second-order valence-corrected chi connectivity index (χ2v) is 9.41. The summed E-state index contributed by atoms with van der Waals surface area (Å²) in [4.78, 5) is 14.0. The number of carbonyl (C=O) groups is 1. The van der Waals surface area contributed by atoms with Crippen LogP contribution in [0.25, 0.3) is 0 Å². The van der Waals surface area contributed by atoms with Gasteiger partial charge < -0.3 is 0 Å². The number of nitrogens with zero attached hydrogens (tertiary/aromatic N) is 1. The number of halogens is 1. The Hall–Kier alpha value is -1.46. The van der Waals surface area contributed by atoms with Crippen molar-refractivity contribution in [1.82, 2.24) is 10.4 Å². The number of hydroxylamine groups is 1. The van der Waals surface area contributed by atoms with Gasteiger partial charge in [0.05, 0.1) is 0 Å². The van der Waals surface area contributed by atoms with Crippen LogP contribution in [0.4, 0.5) is 4.39 Å². The molecule has 0 unspecified atom stereocenters. The highest BCUT2D eigenvalue weighted by Crippen LogP contribution is 2.60. The summed E-state index contributed by atoms with van der Waals surface area (Å²) in [6, 6.07) is 2.98. The number of hydrogen-bond donors (Lipinski definition) is 2. The molecule has 4 aliphatic carbocycles. The van der Waals surface area contributed by atoms with Crippen molar-refractivity contribution in [3.63, 3.8) is 0 Å². The van der Waals surface area contributed by atoms with Crippen molar-refractivity contribution in [3.8, 4) is 0 Å². The van der Waals surface area contributed by atoms with Gasteiger partial charge in [-0.2, -0.15) is 0 Å². The lowest BCUT2D eigenvalue weighted by Crippen LogP contribution is -2.51. The molecule has 0 radical (unpaired) electrons. The van der Waals surface area contributed by atoms with Crippen molar-refractivity contribution in [2.24, 2.45) is 23.2 Å². The van der Waals surface area contributed by atoms with E-state index >= 15 is 0 Å². The van der Waals surface area contributed by atoms with Crippen LogP contribution < -0.4 is 5.48 Å². The molecular formula is C21H27FN2O2. The standard InChI is InChI=1S/C21H27FN2O2/c22-19-7-17(20(25)23-26)6-16-1-2-24(11-18(16)19)12-21-8-13-3-14(9-21)5-15(4-13)10-21/h6-7,13-15,26H,1-5,8-12H2,(H,23,25). The lowest BCUT2D eigenvalue weighted by atomic mass is 9.49. The maximum Gasteiger partial charge on any atom is 0.274 e. The van der Waals surface area contributed by atoms with Gasteiger partial charge in [0.25, 0.3) is 5.91 Å². The number of hydrogen-bond acceptors (Lipinski definition) is 3. The van der Waals surface area contributed by atoms with E-state index in [-0.39, 0.29) is 11.4 Å². The summed E-state index contributed by atoms with van der Waals surface area (Å²) >= 11 is 0. The number of carbonyl (C=O) groups excluding carboxylic acids is 1. The molecule has 0 saturated heterocycles. The summed E-state index contributed by atoms with van der Waals surface area (Å²) in [6.45, 7) is 2.68. The minimum Gasteiger partial charge on any atom is -0.298 e. The highest BCUT2D eigenvalue weighted by Gasteiger charge is 2.51. The van der Waals surface area contributed by atoms with Crippen LogP contribution in [0.15, 0.2) is 12.1 Å². The third kappa shape index (κ3) is 2.76. The molecule has 4 saturated carbocycles. The van der Waals surface area contributed by atoms with Crippen LogP contribution in [-0.2, 0) is 13.0 Å². The molecule has 0 aromatic heterocycles. The molecule has 6 rings (SSSR count). The Balaban J connectivity index is 1.34. The van der Waals surface area contributed by atoms with Crippen molar-refractivity contribution in [2.45, 2.75) is 51.5 Å². The maximum absolute atomic E-state index is 14.6. The Morgan fingerprint density at radius 2 is 1.85 bits per heavy atom. The molecule has 4 fully saturated rings. The summed E-state index contributed by atoms with van der Waals surface area (Å²) in [7, 11) is 0. The van der Waals surface area contributed by atoms with Crippen LogP contribution in [0.1, 0.15) is 60.0 Å². The van der Waals surface area contributed by atoms with E-state index in [0.29, 0.717) is 12.0 Å². The first kappa shape index (κ1) is 16.7. The van der Waals surface area contributed by atoms with Crippen LogP contribution in [0.3, 0.4) is 0 Å². The molecule has 4 nitrogen and oxygen atoms in total. The fourth-order valence-electron chi connectivity index (χ4n) is 6.96. The van der Waals surface area contributed by atoms with E-state index in [0.717, 1.165) is 48.4 Å². The SMILES string of the molecule is O=C(NO)c1cc(F)c2c(c1)CCN(CC13CC4CC(CC(C4)C1)C3)C2. The first-order valence-corrected chi connectivity index (χ1v) is 10.0. The molecule has 1 aromatic rings. The van der Waals surface area contributed by atoms with Gasteiger partial charge in [-0.1, -0.05) is 0 Å². The summed E-state index contributed by atoms with van der Waals surface area (Å²) in [5.41, 5.74) is 3.90. The van der Waals surface area contributed by atoms with Crippen LogP contribution in [0.5, 0.6) is 0 Å². The third-order valence-corrected chi connectivity index (χ3v) is 7.45. The lowest BCUT2D eigenvalue weighted by Gasteiger charge is -2.58. The molecule has 0 spiro atoms. The predicted octanol–water partition coefficient (Wildman–Crippen LogP) is 3.52. The van der Waals surface area contributed by atoms with Crippen LogP contribution in [0.2, 0.25) is 0 Å². The van der Waals surface area contributed by atoms with Gasteiger partial charge in [0.1, 0.15) is 5.82 Å². The third-order valence-electron chi connectivity index (χ3n) is 7.45. The number of amides is 1. The molecule has 1 amide bonds. The maximum atomic E-state index is 14.6. The van der Waals surface area contributed by atoms with Crippen molar-refractivity contribution < 1.29 is 14.4 Å². The first-order chi connectivity index (χ1) is 12.5. The fraction of sp³-hybridized carbons (Fsp3) is 0.667. The van der Waals surface area contributed by atoms with E-state index in [1.165, 1.54) is 44.6 Å². The molecule has 1 aromatic carbocycles. The zero-order chi connectivity index (χ0) is 17.9. The van der Waals surface area contributed by atoms with Crippen molar-refractivity contribution in [2.75, 3.05) is 13.1 Å². The number of fused-ring (bicyclic) bond motifs is 1. The quantitative estimate of drug-likeness (QED) is 0.642. The van der Waals surface area contributed by atoms with Crippen molar-refractivity contribution in [1.29, 1.82) is 0 Å². The van der Waals surface area contributed by atoms with E-state index in [2.05, 4.69) is 4.90 Å². The Kier molecular flexibility index (Phi) is 3.87. The topological polar surface area (TPSA) is 52.6 Å². The second kappa shape index (κ2) is 6.03. The van der Waals surface area contributed by atoms with Crippen molar-refractivity contribution >= 4 is 5.91 Å². The largest absolute Gasteiger partial charge is 0.298 e. The molecule has 5 aliphatic rings. The average molecular weight is 358 g/mol. The average Bonchev–Trinajstić information content (AvgIpc) is 2.60. The van der Waals surface area contributed by atoms with E-state index in [1.54, 1.807) is 11.5 Å².